The van der Waals surface area contributed by atoms with Crippen molar-refractivity contribution in [2.75, 3.05) is 82.3 Å². The Balaban J connectivity index is 3.33. The number of benzene rings is 1. The van der Waals surface area contributed by atoms with Gasteiger partial charge in [0.05, 0.1) is 52.4 Å². The zero-order valence-electron chi connectivity index (χ0n) is 49.1. The second kappa shape index (κ2) is 41.4. The second-order valence-corrected chi connectivity index (χ2v) is 25.2. The molecule has 0 saturated heterocycles. The van der Waals surface area contributed by atoms with Gasteiger partial charge >= 0.3 is 11.9 Å². The van der Waals surface area contributed by atoms with Crippen molar-refractivity contribution in [1.29, 1.82) is 5.41 Å². The van der Waals surface area contributed by atoms with E-state index in [0.717, 1.165) is 0 Å². The molecule has 7 atom stereocenters. The summed E-state index contributed by atoms with van der Waals surface area (Å²) in [7, 11) is 0. The van der Waals surface area contributed by atoms with Gasteiger partial charge in [0.1, 0.15) is 48.2 Å². The minimum absolute atomic E-state index is 0.0376. The molecule has 0 aliphatic heterocycles. The number of thiol groups is 1. The van der Waals surface area contributed by atoms with Gasteiger partial charge in [-0.05, 0) is 18.4 Å². The lowest BCUT2D eigenvalue weighted by atomic mass is 10.0. The quantitative estimate of drug-likeness (QED) is 0.00989. The lowest BCUT2D eigenvalue weighted by molar-refractivity contribution is -0.141. The third-order valence-electron chi connectivity index (χ3n) is 11.2. The molecule has 1 aromatic rings. The lowest BCUT2D eigenvalue weighted by Gasteiger charge is -2.27. The summed E-state index contributed by atoms with van der Waals surface area (Å²) in [6.45, 7) is 11.5. The van der Waals surface area contributed by atoms with Crippen LogP contribution in [-0.2, 0) is 73.4 Å². The maximum absolute atomic E-state index is 14.2. The van der Waals surface area contributed by atoms with Gasteiger partial charge in [-0.3, -0.25) is 62.9 Å². The van der Waals surface area contributed by atoms with Crippen LogP contribution in [0.25, 0.3) is 0 Å². The highest BCUT2D eigenvalue weighted by Crippen LogP contribution is 2.25. The second-order valence-electron chi connectivity index (χ2n) is 20.9. The fourth-order valence-electron chi connectivity index (χ4n) is 7.00. The number of rotatable bonds is 42. The summed E-state index contributed by atoms with van der Waals surface area (Å²) >= 11 is 12.3. The molecule has 0 unspecified atom stereocenters. The van der Waals surface area contributed by atoms with Crippen molar-refractivity contribution in [2.24, 2.45) is 11.5 Å². The third-order valence-corrected chi connectivity index (χ3v) is 14.6. The van der Waals surface area contributed by atoms with Gasteiger partial charge in [-0.2, -0.15) is 36.2 Å². The van der Waals surface area contributed by atoms with Gasteiger partial charge in [-0.1, -0.05) is 71.9 Å². The fourth-order valence-corrected chi connectivity index (χ4v) is 9.14. The van der Waals surface area contributed by atoms with Crippen LogP contribution >= 0.6 is 47.8 Å². The smallest absolute Gasteiger partial charge is 0.305 e. The number of halogens is 1. The zero-order chi connectivity index (χ0) is 65.0. The number of thioether (sulfide) groups is 2. The minimum atomic E-state index is -1.88. The van der Waals surface area contributed by atoms with E-state index in [4.69, 9.17) is 38.0 Å². The number of alkyl halides is 1. The summed E-state index contributed by atoms with van der Waals surface area (Å²) in [4.78, 5) is 158. The van der Waals surface area contributed by atoms with E-state index >= 15 is 0 Å². The van der Waals surface area contributed by atoms with Gasteiger partial charge in [0.15, 0.2) is 5.96 Å². The molecule has 1 rings (SSSR count). The molecule has 0 spiro atoms. The molecule has 0 fully saturated rings. The average Bonchev–Trinajstić information content (AvgIpc) is 3.57. The Bertz CT molecular complexity index is 2430. The number of guanidine groups is 1. The van der Waals surface area contributed by atoms with E-state index in [-0.39, 0.29) is 61.8 Å². The summed E-state index contributed by atoms with van der Waals surface area (Å²) in [5.41, 5.74) is 11.3. The van der Waals surface area contributed by atoms with Gasteiger partial charge in [-0.15, -0.1) is 11.6 Å². The molecule has 0 aliphatic carbocycles. The normalized spacial score (nSPS) is 13.7. The largest absolute Gasteiger partial charge is 0.481 e. The Morgan fingerprint density at radius 3 is 1.50 bits per heavy atom. The maximum Gasteiger partial charge on any atom is 0.305 e. The van der Waals surface area contributed by atoms with Crippen molar-refractivity contribution in [2.45, 2.75) is 125 Å². The number of carboxylic acids is 2. The van der Waals surface area contributed by atoms with Crippen LogP contribution in [0.5, 0.6) is 0 Å². The first-order valence-corrected chi connectivity index (χ1v) is 30.3. The average molecular weight is 1290 g/mol. The molecule has 0 radical (unpaired) electrons. The van der Waals surface area contributed by atoms with Crippen molar-refractivity contribution < 1.29 is 77.2 Å². The minimum Gasteiger partial charge on any atom is -0.481 e. The molecule has 0 aliphatic rings. The standard InChI is InChI=1S/C52H85ClN14O16S3/c1-51(2,3)85-28-36(44(76)59-25-39(69)57-16-18-83-20-19-82-17-14-54)66-45(77)32(21-30-11-8-7-9-12-30)64-48(80)35(27-84)65-46(78)34(23-42(73)74)62-40(70)26-60-43(75)31(13-10-15-58-50(55)56)63-49(81)37(29-86-52(4,5)6)67-47(79)33(22-41(71)72)61-38(68)24-53/h7-9,11-12,31-37,84H,10,13-29,54H2,1-6H3,(H,57,69)(H,59,76)(H,60,75)(H,61,68)(H,62,70)(H,63,81)(H,64,80)(H,65,78)(H,66,77)(H,67,79)(H,71,72)(H,73,74)(H4,55,56,58)/t31-,32-,33-,34-,35-,36-,37-/m0/s1. The number of ether oxygens (including phenoxy) is 2. The van der Waals surface area contributed by atoms with Crippen molar-refractivity contribution in [3.63, 3.8) is 0 Å². The third kappa shape index (κ3) is 35.7. The molecule has 0 heterocycles. The summed E-state index contributed by atoms with van der Waals surface area (Å²) in [6, 6.07) is -2.17. The fraction of sp³-hybridized carbons (Fsp3) is 0.635. The van der Waals surface area contributed by atoms with Crippen LogP contribution in [0.1, 0.15) is 72.8 Å². The zero-order valence-corrected chi connectivity index (χ0v) is 52.3. The highest BCUT2D eigenvalue weighted by molar-refractivity contribution is 8.00. The van der Waals surface area contributed by atoms with E-state index in [2.05, 4.69) is 71.1 Å². The van der Waals surface area contributed by atoms with E-state index in [9.17, 15) is 67.7 Å². The molecule has 86 heavy (non-hydrogen) atoms. The molecule has 0 aromatic heterocycles. The summed E-state index contributed by atoms with van der Waals surface area (Å²) in [6.07, 6.45) is -2.11. The highest BCUT2D eigenvalue weighted by Gasteiger charge is 2.35. The number of aliphatic carboxylic acids is 2. The van der Waals surface area contributed by atoms with Crippen LogP contribution in [0, 0.1) is 5.41 Å². The predicted octanol–water partition coefficient (Wildman–Crippen LogP) is -3.59. The molecule has 30 nitrogen and oxygen atoms in total. The number of carbonyl (C=O) groups excluding carboxylic acids is 10. The Labute approximate surface area is 518 Å². The molecule has 18 N–H and O–H groups in total. The first kappa shape index (κ1) is 77.4. The molecule has 10 amide bonds. The van der Waals surface area contributed by atoms with Gasteiger partial charge < -0.3 is 89.6 Å². The summed E-state index contributed by atoms with van der Waals surface area (Å²) < 4.78 is 9.75. The molecular formula is C52H85ClN14O16S3. The van der Waals surface area contributed by atoms with Gasteiger partial charge in [-0.25, -0.2) is 0 Å². The number of nitrogens with one attached hydrogen (secondary N) is 12. The van der Waals surface area contributed by atoms with Crippen molar-refractivity contribution >= 4 is 125 Å². The van der Waals surface area contributed by atoms with Crippen molar-refractivity contribution in [3.05, 3.63) is 35.9 Å². The van der Waals surface area contributed by atoms with Crippen LogP contribution in [0.2, 0.25) is 0 Å². The molecular weight excluding hydrogens is 1210 g/mol. The Hall–Kier alpha value is -6.65. The van der Waals surface area contributed by atoms with E-state index < -0.39 is 162 Å². The van der Waals surface area contributed by atoms with Crippen molar-refractivity contribution in [1.82, 2.24) is 58.5 Å². The molecule has 1 aromatic carbocycles. The number of carbonyl (C=O) groups is 12. The monoisotopic (exact) mass is 1290 g/mol. The first-order valence-electron chi connectivity index (χ1n) is 27.2. The lowest BCUT2D eigenvalue weighted by Crippen LogP contribution is -2.60. The Kier molecular flexibility index (Phi) is 37.3. The van der Waals surface area contributed by atoms with E-state index in [1.165, 1.54) is 23.5 Å². The van der Waals surface area contributed by atoms with Gasteiger partial charge in [0.25, 0.3) is 0 Å². The number of hydrogen-bond donors (Lipinski definition) is 17. The van der Waals surface area contributed by atoms with Crippen molar-refractivity contribution in [3.8, 4) is 0 Å². The maximum atomic E-state index is 14.2. The molecule has 0 bridgehead atoms. The summed E-state index contributed by atoms with van der Waals surface area (Å²) in [5, 5.41) is 53.6. The number of nitrogens with two attached hydrogens (primary N) is 2. The van der Waals surface area contributed by atoms with Crippen LogP contribution in [0.3, 0.4) is 0 Å². The number of amides is 10. The topological polar surface area (TPSA) is 472 Å². The molecule has 484 valence electrons. The molecule has 34 heteroatoms. The van der Waals surface area contributed by atoms with Crippen LogP contribution in [0.15, 0.2) is 30.3 Å². The Morgan fingerprint density at radius 1 is 0.558 bits per heavy atom. The first-order chi connectivity index (χ1) is 40.4. The predicted molar refractivity (Wildman–Crippen MR) is 326 cm³/mol. The highest BCUT2D eigenvalue weighted by atomic mass is 35.5. The van der Waals surface area contributed by atoms with E-state index in [1.54, 1.807) is 30.3 Å². The van der Waals surface area contributed by atoms with Crippen LogP contribution in [0.4, 0.5) is 0 Å². The van der Waals surface area contributed by atoms with Gasteiger partial charge in [0.2, 0.25) is 59.1 Å². The van der Waals surface area contributed by atoms with E-state index in [0.29, 0.717) is 25.3 Å². The SMILES string of the molecule is CC(C)(C)SC[C@H](NC(=O)[C@H](Cc1ccccc1)NC(=O)[C@H](CS)NC(=O)[C@H](CC(=O)O)NC(=O)CNC(=O)[C@H](CCCNC(=N)N)NC(=O)[C@H](CSC(C)(C)C)NC(=O)[C@H](CC(=O)O)NC(=O)CCl)C(=O)NCC(=O)NCCOCCOCCN. The molecule has 0 saturated carbocycles. The number of hydrogen-bond acceptors (Lipinski definition) is 19. The van der Waals surface area contributed by atoms with Crippen LogP contribution in [-0.4, -0.2) is 221 Å². The number of carboxylic acid groups (broad SMARTS) is 2. The van der Waals surface area contributed by atoms with E-state index in [1.807, 2.05) is 41.5 Å². The van der Waals surface area contributed by atoms with Crippen LogP contribution < -0.4 is 70.0 Å². The summed E-state index contributed by atoms with van der Waals surface area (Å²) in [5.74, 6) is -13.7. The van der Waals surface area contributed by atoms with Gasteiger partial charge in [0, 0.05) is 52.8 Å². The Morgan fingerprint density at radius 2 is 1.00 bits per heavy atom.